The van der Waals surface area contributed by atoms with Crippen LogP contribution in [0.1, 0.15) is 12.0 Å². The van der Waals surface area contributed by atoms with E-state index in [1.807, 2.05) is 34.6 Å². The first-order valence-corrected chi connectivity index (χ1v) is 6.16. The zero-order valence-electron chi connectivity index (χ0n) is 7.52. The molecule has 0 bridgehead atoms. The number of hydrogen-bond acceptors (Lipinski definition) is 2. The van der Waals surface area contributed by atoms with E-state index in [1.54, 1.807) is 11.9 Å². The summed E-state index contributed by atoms with van der Waals surface area (Å²) in [6, 6.07) is 10.0. The predicted molar refractivity (Wildman–Crippen MR) is 61.9 cm³/mol. The molecule has 0 aromatic heterocycles. The molecule has 4 heteroatoms. The molecule has 1 aliphatic rings. The summed E-state index contributed by atoms with van der Waals surface area (Å²) in [7, 11) is 0. The summed E-state index contributed by atoms with van der Waals surface area (Å²) in [5.74, 6) is 0.209. The van der Waals surface area contributed by atoms with Crippen molar-refractivity contribution in [1.29, 1.82) is 0 Å². The highest BCUT2D eigenvalue weighted by Crippen LogP contribution is 2.34. The van der Waals surface area contributed by atoms with Crippen molar-refractivity contribution in [2.45, 2.75) is 17.1 Å². The second-order valence-corrected chi connectivity index (χ2v) is 6.07. The number of carbonyl (C=O) groups excluding carboxylic acids is 1. The van der Waals surface area contributed by atoms with E-state index in [2.05, 4.69) is 15.9 Å². The van der Waals surface area contributed by atoms with Gasteiger partial charge < -0.3 is 0 Å². The first kappa shape index (κ1) is 10.1. The van der Waals surface area contributed by atoms with Gasteiger partial charge >= 0.3 is 0 Å². The van der Waals surface area contributed by atoms with Crippen LogP contribution in [0.25, 0.3) is 0 Å². The normalized spacial score (nSPS) is 21.6. The van der Waals surface area contributed by atoms with Crippen LogP contribution < -0.4 is 0 Å². The highest BCUT2D eigenvalue weighted by atomic mass is 79.9. The monoisotopic (exact) mass is 271 g/mol. The van der Waals surface area contributed by atoms with E-state index in [0.717, 1.165) is 0 Å². The lowest BCUT2D eigenvalue weighted by Crippen LogP contribution is -2.17. The highest BCUT2D eigenvalue weighted by molar-refractivity contribution is 9.11. The maximum atomic E-state index is 11.5. The van der Waals surface area contributed by atoms with Crippen molar-refractivity contribution < 1.29 is 4.79 Å². The van der Waals surface area contributed by atoms with Gasteiger partial charge in [0.1, 0.15) is 0 Å². The maximum Gasteiger partial charge on any atom is 0.234 e. The smallest absolute Gasteiger partial charge is 0.234 e. The molecule has 1 fully saturated rings. The molecule has 1 aliphatic heterocycles. The Bertz CT molecular complexity index is 330. The fourth-order valence-electron chi connectivity index (χ4n) is 1.35. The summed E-state index contributed by atoms with van der Waals surface area (Å²) in [4.78, 5) is 11.5. The molecule has 1 unspecified atom stereocenters. The number of alkyl halides is 1. The lowest BCUT2D eigenvalue weighted by molar-refractivity contribution is -0.125. The van der Waals surface area contributed by atoms with E-state index in [1.165, 1.54) is 5.56 Å². The van der Waals surface area contributed by atoms with Crippen molar-refractivity contribution in [1.82, 2.24) is 4.31 Å². The Kier molecular flexibility index (Phi) is 3.13. The molecule has 1 heterocycles. The van der Waals surface area contributed by atoms with Crippen molar-refractivity contribution >= 4 is 33.8 Å². The molecule has 74 valence electrons. The van der Waals surface area contributed by atoms with Crippen LogP contribution in [0.2, 0.25) is 0 Å². The van der Waals surface area contributed by atoms with Crippen LogP contribution in [0.5, 0.6) is 0 Å². The van der Waals surface area contributed by atoms with E-state index < -0.39 is 0 Å². The van der Waals surface area contributed by atoms with Crippen LogP contribution in [0.3, 0.4) is 0 Å². The van der Waals surface area contributed by atoms with Gasteiger partial charge in [0.25, 0.3) is 0 Å². The van der Waals surface area contributed by atoms with Gasteiger partial charge in [-0.15, -0.1) is 0 Å². The Morgan fingerprint density at radius 3 is 2.71 bits per heavy atom. The first-order chi connectivity index (χ1) is 6.75. The number of benzene rings is 1. The molecule has 0 spiro atoms. The Hall–Kier alpha value is -0.480. The third kappa shape index (κ3) is 2.30. The second kappa shape index (κ2) is 4.36. The van der Waals surface area contributed by atoms with E-state index in [4.69, 9.17) is 0 Å². The number of hydrogen-bond donors (Lipinski definition) is 0. The summed E-state index contributed by atoms with van der Waals surface area (Å²) in [6.45, 7) is 0.701. The third-order valence-electron chi connectivity index (χ3n) is 2.02. The summed E-state index contributed by atoms with van der Waals surface area (Å²) >= 11 is 5.00. The minimum atomic E-state index is 0.209. The standard InChI is InChI=1S/C10H10BrNOS/c11-9-6-10(13)12(14-9)7-8-4-2-1-3-5-8/h1-5,9H,6-7H2. The zero-order chi connectivity index (χ0) is 9.97. The lowest BCUT2D eigenvalue weighted by Gasteiger charge is -2.13. The van der Waals surface area contributed by atoms with E-state index in [-0.39, 0.29) is 10.1 Å². The summed E-state index contributed by atoms with van der Waals surface area (Å²) < 4.78 is 2.06. The van der Waals surface area contributed by atoms with Crippen LogP contribution in [-0.2, 0) is 11.3 Å². The molecule has 0 radical (unpaired) electrons. The Balaban J connectivity index is 2.02. The summed E-state index contributed by atoms with van der Waals surface area (Å²) in [5.41, 5.74) is 1.18. The molecule has 14 heavy (non-hydrogen) atoms. The Morgan fingerprint density at radius 1 is 1.43 bits per heavy atom. The highest BCUT2D eigenvalue weighted by Gasteiger charge is 2.28. The average Bonchev–Trinajstić information content (AvgIpc) is 2.47. The SMILES string of the molecule is O=C1CC(Br)SN1Cc1ccccc1. The minimum absolute atomic E-state index is 0.209. The molecule has 1 atom stereocenters. The van der Waals surface area contributed by atoms with Gasteiger partial charge in [-0.1, -0.05) is 46.3 Å². The van der Waals surface area contributed by atoms with Crippen LogP contribution in [0, 0.1) is 0 Å². The molecule has 2 nitrogen and oxygen atoms in total. The van der Waals surface area contributed by atoms with Gasteiger partial charge in [0.05, 0.1) is 17.1 Å². The second-order valence-electron chi connectivity index (χ2n) is 3.14. The fourth-order valence-corrected chi connectivity index (χ4v) is 3.14. The van der Waals surface area contributed by atoms with Gasteiger partial charge in [0.15, 0.2) is 0 Å². The Labute approximate surface area is 95.9 Å². The minimum Gasteiger partial charge on any atom is -0.281 e. The van der Waals surface area contributed by atoms with Gasteiger partial charge in [-0.2, -0.15) is 0 Å². The van der Waals surface area contributed by atoms with Gasteiger partial charge in [0, 0.05) is 0 Å². The van der Waals surface area contributed by atoms with Gasteiger partial charge in [-0.3, -0.25) is 9.10 Å². The summed E-state index contributed by atoms with van der Waals surface area (Å²) in [6.07, 6.45) is 0.595. The lowest BCUT2D eigenvalue weighted by atomic mass is 10.2. The fraction of sp³-hybridized carbons (Fsp3) is 0.300. The Morgan fingerprint density at radius 2 is 2.14 bits per heavy atom. The molecular formula is C10H10BrNOS. The van der Waals surface area contributed by atoms with Crippen molar-refractivity contribution in [3.8, 4) is 0 Å². The molecule has 1 saturated heterocycles. The number of nitrogens with zero attached hydrogens (tertiary/aromatic N) is 1. The largest absolute Gasteiger partial charge is 0.281 e. The predicted octanol–water partition coefficient (Wildman–Crippen LogP) is 2.79. The molecule has 2 rings (SSSR count). The van der Waals surface area contributed by atoms with Gasteiger partial charge in [-0.05, 0) is 17.5 Å². The van der Waals surface area contributed by atoms with Crippen molar-refractivity contribution in [3.63, 3.8) is 0 Å². The first-order valence-electron chi connectivity index (χ1n) is 4.41. The van der Waals surface area contributed by atoms with E-state index in [0.29, 0.717) is 13.0 Å². The third-order valence-corrected chi connectivity index (χ3v) is 3.83. The summed E-state index contributed by atoms with van der Waals surface area (Å²) in [5, 5.41) is 0. The maximum absolute atomic E-state index is 11.5. The number of amides is 1. The van der Waals surface area contributed by atoms with Crippen molar-refractivity contribution in [3.05, 3.63) is 35.9 Å². The van der Waals surface area contributed by atoms with Crippen LogP contribution in [-0.4, -0.2) is 14.4 Å². The zero-order valence-corrected chi connectivity index (χ0v) is 9.92. The molecule has 0 aliphatic carbocycles. The number of carbonyl (C=O) groups is 1. The molecule has 1 amide bonds. The van der Waals surface area contributed by atoms with Crippen LogP contribution >= 0.6 is 27.9 Å². The van der Waals surface area contributed by atoms with E-state index in [9.17, 15) is 4.79 Å². The topological polar surface area (TPSA) is 20.3 Å². The molecule has 0 saturated carbocycles. The molecule has 0 N–H and O–H groups in total. The number of halogens is 1. The average molecular weight is 272 g/mol. The van der Waals surface area contributed by atoms with Crippen molar-refractivity contribution in [2.75, 3.05) is 0 Å². The molecule has 1 aromatic carbocycles. The quantitative estimate of drug-likeness (QED) is 0.609. The van der Waals surface area contributed by atoms with Crippen LogP contribution in [0.15, 0.2) is 30.3 Å². The van der Waals surface area contributed by atoms with E-state index >= 15 is 0 Å². The van der Waals surface area contributed by atoms with Gasteiger partial charge in [0.2, 0.25) is 5.91 Å². The van der Waals surface area contributed by atoms with Crippen LogP contribution in [0.4, 0.5) is 0 Å². The molecular weight excluding hydrogens is 262 g/mol. The van der Waals surface area contributed by atoms with Gasteiger partial charge in [-0.25, -0.2) is 0 Å². The van der Waals surface area contributed by atoms with Crippen molar-refractivity contribution in [2.24, 2.45) is 0 Å². The number of rotatable bonds is 2. The molecule has 1 aromatic rings.